The quantitative estimate of drug-likeness (QED) is 0.184. The summed E-state index contributed by atoms with van der Waals surface area (Å²) in [5.41, 5.74) is 0. The lowest BCUT2D eigenvalue weighted by Gasteiger charge is -2.46. The number of aliphatic hydroxyl groups excluding tert-OH is 7. The van der Waals surface area contributed by atoms with Crippen molar-refractivity contribution >= 4 is 12.6 Å². The molecule has 2 aliphatic heterocycles. The van der Waals surface area contributed by atoms with Gasteiger partial charge in [-0.25, -0.2) is 0 Å². The predicted octanol–water partition coefficient (Wildman–Crippen LogP) is -4.50. The summed E-state index contributed by atoms with van der Waals surface area (Å²) >= 11 is 3.94. The minimum Gasteiger partial charge on any atom is -0.394 e. The van der Waals surface area contributed by atoms with Crippen LogP contribution >= 0.6 is 12.6 Å². The lowest BCUT2D eigenvalue weighted by atomic mass is 9.99. The molecule has 10 nitrogen and oxygen atoms in total. The fourth-order valence-electron chi connectivity index (χ4n) is 2.25. The monoisotopic (exact) mass is 344 g/mol. The first kappa shape index (κ1) is 18.3. The first-order chi connectivity index (χ1) is 10.2. The van der Waals surface area contributed by atoms with Crippen molar-refractivity contribution in [2.24, 2.45) is 0 Å². The van der Waals surface area contributed by atoms with Crippen molar-refractivity contribution in [1.82, 2.24) is 0 Å². The van der Waals surface area contributed by atoms with Crippen LogP contribution in [0.2, 0.25) is 0 Å². The Morgan fingerprint density at radius 3 is 2.23 bits per heavy atom. The van der Waals surface area contributed by atoms with E-state index in [2.05, 4.69) is 12.6 Å². The summed E-state index contributed by atoms with van der Waals surface area (Å²) < 4.78 is 15.3. The van der Waals surface area contributed by atoms with Crippen LogP contribution in [0.3, 0.4) is 0 Å². The molecular formula is C11H20O10S. The highest BCUT2D eigenvalue weighted by Crippen LogP contribution is 2.35. The molecule has 11 heteroatoms. The maximum Gasteiger partial charge on any atom is 0.247 e. The lowest BCUT2D eigenvalue weighted by molar-refractivity contribution is -0.377. The fraction of sp³-hybridized carbons (Fsp3) is 1.00. The third-order valence-electron chi connectivity index (χ3n) is 3.69. The van der Waals surface area contributed by atoms with Gasteiger partial charge in [0.2, 0.25) is 5.12 Å². The lowest BCUT2D eigenvalue weighted by Crippen LogP contribution is -2.65. The van der Waals surface area contributed by atoms with E-state index in [4.69, 9.17) is 19.3 Å². The molecule has 0 radical (unpaired) electrons. The van der Waals surface area contributed by atoms with Crippen LogP contribution < -0.4 is 0 Å². The molecule has 9 atom stereocenters. The zero-order valence-electron chi connectivity index (χ0n) is 11.3. The van der Waals surface area contributed by atoms with Gasteiger partial charge in [-0.3, -0.25) is 0 Å². The highest BCUT2D eigenvalue weighted by molar-refractivity contribution is 7.81. The van der Waals surface area contributed by atoms with E-state index in [0.717, 1.165) is 0 Å². The molecule has 0 saturated carbocycles. The molecule has 2 heterocycles. The van der Waals surface area contributed by atoms with Gasteiger partial charge in [0.1, 0.15) is 42.7 Å². The summed E-state index contributed by atoms with van der Waals surface area (Å²) in [4.78, 5) is 0. The molecule has 0 unspecified atom stereocenters. The highest BCUT2D eigenvalue weighted by atomic mass is 32.1. The minimum atomic E-state index is -2.13. The number of aliphatic hydroxyl groups is 7. The Hall–Kier alpha value is -0.0500. The highest BCUT2D eigenvalue weighted by Gasteiger charge is 2.53. The molecule has 0 aromatic carbocycles. The normalized spacial score (nSPS) is 53.5. The van der Waals surface area contributed by atoms with Gasteiger partial charge >= 0.3 is 0 Å². The Morgan fingerprint density at radius 1 is 1.00 bits per heavy atom. The molecule has 22 heavy (non-hydrogen) atoms. The largest absolute Gasteiger partial charge is 0.394 e. The zero-order chi connectivity index (χ0) is 16.7. The fourth-order valence-corrected chi connectivity index (χ4v) is 2.58. The predicted molar refractivity (Wildman–Crippen MR) is 70.5 cm³/mol. The van der Waals surface area contributed by atoms with Crippen LogP contribution in [0, 0.1) is 0 Å². The Bertz CT molecular complexity index is 384. The number of thiol groups is 1. The van der Waals surface area contributed by atoms with Crippen LogP contribution in [-0.2, 0) is 14.2 Å². The van der Waals surface area contributed by atoms with E-state index in [1.807, 2.05) is 0 Å². The topological polar surface area (TPSA) is 169 Å². The summed E-state index contributed by atoms with van der Waals surface area (Å²) in [6.07, 6.45) is -12.5. The van der Waals surface area contributed by atoms with Crippen molar-refractivity contribution in [2.75, 3.05) is 13.2 Å². The molecule has 2 fully saturated rings. The second kappa shape index (κ2) is 6.83. The zero-order valence-corrected chi connectivity index (χ0v) is 12.2. The second-order valence-electron chi connectivity index (χ2n) is 5.26. The average Bonchev–Trinajstić information content (AvgIpc) is 2.50. The third kappa shape index (κ3) is 3.25. The van der Waals surface area contributed by atoms with Gasteiger partial charge in [0.05, 0.1) is 13.2 Å². The molecule has 2 aliphatic rings. The van der Waals surface area contributed by atoms with Gasteiger partial charge in [-0.1, -0.05) is 0 Å². The molecule has 7 N–H and O–H groups in total. The van der Waals surface area contributed by atoms with Crippen molar-refractivity contribution in [1.29, 1.82) is 0 Å². The van der Waals surface area contributed by atoms with E-state index in [9.17, 15) is 30.6 Å². The average molecular weight is 344 g/mol. The SMILES string of the molecule is OC[C@H]1O[C@H](O[C@]2(S)OC[C@@H](O)[C@@H](O)[C@@H]2O)[C@H](O)[C@@H](O)[C@@H]1O. The maximum absolute atomic E-state index is 9.89. The van der Waals surface area contributed by atoms with Gasteiger partial charge < -0.3 is 50.0 Å². The standard InChI is InChI=1S/C11H20O10S/c12-1-4-6(15)7(16)8(17)10(20-4)21-11(22)9(18)5(14)3(13)2-19-11/h3-10,12-18,22H,1-2H2/t3-,4-,5-,6-,7+,8-,9+,10-,11-/m1/s1. The van der Waals surface area contributed by atoms with Gasteiger partial charge in [-0.15, -0.1) is 12.6 Å². The molecule has 0 spiro atoms. The molecular weight excluding hydrogens is 324 g/mol. The van der Waals surface area contributed by atoms with E-state index in [-0.39, 0.29) is 0 Å². The molecule has 0 bridgehead atoms. The van der Waals surface area contributed by atoms with E-state index in [1.165, 1.54) is 0 Å². The van der Waals surface area contributed by atoms with Crippen molar-refractivity contribution in [3.63, 3.8) is 0 Å². The van der Waals surface area contributed by atoms with Crippen LogP contribution in [0.25, 0.3) is 0 Å². The van der Waals surface area contributed by atoms with E-state index in [1.54, 1.807) is 0 Å². The summed E-state index contributed by atoms with van der Waals surface area (Å²) in [7, 11) is 0. The first-order valence-electron chi connectivity index (χ1n) is 6.60. The van der Waals surface area contributed by atoms with E-state index < -0.39 is 67.4 Å². The minimum absolute atomic E-state index is 0.404. The van der Waals surface area contributed by atoms with E-state index >= 15 is 0 Å². The van der Waals surface area contributed by atoms with Gasteiger partial charge in [0.25, 0.3) is 0 Å². The van der Waals surface area contributed by atoms with Crippen molar-refractivity contribution in [3.8, 4) is 0 Å². The molecule has 2 rings (SSSR count). The van der Waals surface area contributed by atoms with Crippen molar-refractivity contribution in [2.45, 2.75) is 54.1 Å². The number of rotatable bonds is 3. The third-order valence-corrected chi connectivity index (χ3v) is 4.18. The Balaban J connectivity index is 2.11. The molecule has 2 saturated heterocycles. The Kier molecular flexibility index (Phi) is 5.68. The number of hydrogen-bond acceptors (Lipinski definition) is 11. The van der Waals surface area contributed by atoms with Crippen LogP contribution in [0.15, 0.2) is 0 Å². The van der Waals surface area contributed by atoms with Gasteiger partial charge in [0.15, 0.2) is 6.29 Å². The number of ether oxygens (including phenoxy) is 3. The van der Waals surface area contributed by atoms with Gasteiger partial charge in [-0.2, -0.15) is 0 Å². The smallest absolute Gasteiger partial charge is 0.247 e. The molecule has 0 aromatic heterocycles. The molecule has 130 valence electrons. The van der Waals surface area contributed by atoms with Crippen LogP contribution in [0.4, 0.5) is 0 Å². The second-order valence-corrected chi connectivity index (χ2v) is 5.88. The summed E-state index contributed by atoms with van der Waals surface area (Å²) in [6, 6.07) is 0. The summed E-state index contributed by atoms with van der Waals surface area (Å²) in [5, 5.41) is 65.0. The first-order valence-corrected chi connectivity index (χ1v) is 7.05. The summed E-state index contributed by atoms with van der Waals surface area (Å²) in [6.45, 7) is -1.06. The molecule has 0 aliphatic carbocycles. The van der Waals surface area contributed by atoms with Crippen LogP contribution in [0.1, 0.15) is 0 Å². The van der Waals surface area contributed by atoms with Crippen molar-refractivity contribution < 1.29 is 50.0 Å². The summed E-state index contributed by atoms with van der Waals surface area (Å²) in [5.74, 6) is 0. The Labute approximate surface area is 130 Å². The molecule has 0 amide bonds. The Morgan fingerprint density at radius 2 is 1.64 bits per heavy atom. The van der Waals surface area contributed by atoms with Gasteiger partial charge in [-0.05, 0) is 0 Å². The van der Waals surface area contributed by atoms with Crippen LogP contribution in [-0.4, -0.2) is 103 Å². The van der Waals surface area contributed by atoms with E-state index in [0.29, 0.717) is 0 Å². The number of hydrogen-bond donors (Lipinski definition) is 8. The maximum atomic E-state index is 9.89. The van der Waals surface area contributed by atoms with Crippen LogP contribution in [0.5, 0.6) is 0 Å². The molecule has 0 aromatic rings. The van der Waals surface area contributed by atoms with Crippen molar-refractivity contribution in [3.05, 3.63) is 0 Å². The van der Waals surface area contributed by atoms with Gasteiger partial charge in [0, 0.05) is 0 Å².